The minimum atomic E-state index is 0.0507. The molecule has 1 amide bonds. The number of carbonyl (C=O) groups is 1. The van der Waals surface area contributed by atoms with Crippen LogP contribution < -0.4 is 10.6 Å². The number of nitrogens with one attached hydrogen (secondary N) is 2. The maximum absolute atomic E-state index is 11.8. The van der Waals surface area contributed by atoms with Crippen molar-refractivity contribution in [2.75, 3.05) is 18.4 Å². The fourth-order valence-electron chi connectivity index (χ4n) is 1.75. The van der Waals surface area contributed by atoms with Gasteiger partial charge in [0.15, 0.2) is 0 Å². The van der Waals surface area contributed by atoms with Crippen molar-refractivity contribution in [3.8, 4) is 6.07 Å². The fourth-order valence-corrected chi connectivity index (χ4v) is 1.75. The highest BCUT2D eigenvalue weighted by atomic mass is 16.1. The molecule has 1 aliphatic heterocycles. The van der Waals surface area contributed by atoms with E-state index < -0.39 is 0 Å². The van der Waals surface area contributed by atoms with Gasteiger partial charge < -0.3 is 10.6 Å². The lowest BCUT2D eigenvalue weighted by Crippen LogP contribution is -2.24. The molecular formula is C12H13N3O. The van der Waals surface area contributed by atoms with Crippen LogP contribution >= 0.6 is 0 Å². The maximum Gasteiger partial charge on any atom is 0.228 e. The van der Waals surface area contributed by atoms with E-state index in [0.29, 0.717) is 5.56 Å². The zero-order valence-electron chi connectivity index (χ0n) is 8.86. The van der Waals surface area contributed by atoms with Gasteiger partial charge in [-0.05, 0) is 37.2 Å². The molecule has 1 atom stereocenters. The lowest BCUT2D eigenvalue weighted by Gasteiger charge is -2.09. The molecule has 0 bridgehead atoms. The van der Waals surface area contributed by atoms with Gasteiger partial charge in [-0.25, -0.2) is 0 Å². The Balaban J connectivity index is 1.98. The summed E-state index contributed by atoms with van der Waals surface area (Å²) in [6, 6.07) is 8.93. The molecule has 2 N–H and O–H groups in total. The van der Waals surface area contributed by atoms with Crippen LogP contribution in [0, 0.1) is 17.2 Å². The van der Waals surface area contributed by atoms with E-state index in [1.54, 1.807) is 24.3 Å². The van der Waals surface area contributed by atoms with Gasteiger partial charge in [-0.3, -0.25) is 4.79 Å². The zero-order chi connectivity index (χ0) is 11.4. The minimum absolute atomic E-state index is 0.0507. The van der Waals surface area contributed by atoms with Crippen molar-refractivity contribution in [2.45, 2.75) is 6.42 Å². The van der Waals surface area contributed by atoms with Crippen LogP contribution in [0.3, 0.4) is 0 Å². The first kappa shape index (κ1) is 10.7. The number of rotatable bonds is 2. The Hall–Kier alpha value is -1.86. The Labute approximate surface area is 94.3 Å². The highest BCUT2D eigenvalue weighted by molar-refractivity contribution is 5.92. The SMILES string of the molecule is N#Cc1ccc(NC(=O)C2CCNC2)cc1. The van der Waals surface area contributed by atoms with E-state index in [1.165, 1.54) is 0 Å². The first-order chi connectivity index (χ1) is 7.79. The molecule has 0 saturated carbocycles. The highest BCUT2D eigenvalue weighted by Gasteiger charge is 2.22. The van der Waals surface area contributed by atoms with Gasteiger partial charge in [0.1, 0.15) is 0 Å². The van der Waals surface area contributed by atoms with Crippen LogP contribution in [-0.4, -0.2) is 19.0 Å². The monoisotopic (exact) mass is 215 g/mol. The molecule has 0 aromatic heterocycles. The van der Waals surface area contributed by atoms with Gasteiger partial charge in [-0.15, -0.1) is 0 Å². The van der Waals surface area contributed by atoms with Crippen LogP contribution in [0.15, 0.2) is 24.3 Å². The van der Waals surface area contributed by atoms with E-state index in [4.69, 9.17) is 5.26 Å². The molecule has 4 heteroatoms. The third-order valence-electron chi connectivity index (χ3n) is 2.71. The molecule has 1 saturated heterocycles. The van der Waals surface area contributed by atoms with E-state index in [1.807, 2.05) is 6.07 Å². The summed E-state index contributed by atoms with van der Waals surface area (Å²) in [6.07, 6.45) is 0.891. The second-order valence-corrected chi connectivity index (χ2v) is 3.87. The van der Waals surface area contributed by atoms with Gasteiger partial charge in [-0.2, -0.15) is 5.26 Å². The summed E-state index contributed by atoms with van der Waals surface area (Å²) in [4.78, 5) is 11.8. The number of hydrogen-bond donors (Lipinski definition) is 2. The molecule has 4 nitrogen and oxygen atoms in total. The van der Waals surface area contributed by atoms with Crippen LogP contribution in [0.4, 0.5) is 5.69 Å². The Morgan fingerprint density at radius 3 is 2.75 bits per heavy atom. The van der Waals surface area contributed by atoms with E-state index >= 15 is 0 Å². The number of hydrogen-bond acceptors (Lipinski definition) is 3. The molecule has 1 fully saturated rings. The van der Waals surface area contributed by atoms with Crippen molar-refractivity contribution in [3.05, 3.63) is 29.8 Å². The fraction of sp³-hybridized carbons (Fsp3) is 0.333. The van der Waals surface area contributed by atoms with Crippen LogP contribution in [0.2, 0.25) is 0 Å². The molecule has 0 spiro atoms. The van der Waals surface area contributed by atoms with E-state index in [-0.39, 0.29) is 11.8 Å². The molecule has 1 unspecified atom stereocenters. The molecule has 82 valence electrons. The van der Waals surface area contributed by atoms with Crippen molar-refractivity contribution >= 4 is 11.6 Å². The minimum Gasteiger partial charge on any atom is -0.326 e. The number of nitrogens with zero attached hydrogens (tertiary/aromatic N) is 1. The second kappa shape index (κ2) is 4.77. The van der Waals surface area contributed by atoms with Gasteiger partial charge in [-0.1, -0.05) is 0 Å². The molecular weight excluding hydrogens is 202 g/mol. The number of benzene rings is 1. The predicted octanol–water partition coefficient (Wildman–Crippen LogP) is 1.11. The Morgan fingerprint density at radius 2 is 2.19 bits per heavy atom. The topological polar surface area (TPSA) is 64.9 Å². The maximum atomic E-state index is 11.8. The third kappa shape index (κ3) is 2.38. The molecule has 1 aromatic rings. The Bertz CT molecular complexity index is 413. The van der Waals surface area contributed by atoms with Gasteiger partial charge >= 0.3 is 0 Å². The van der Waals surface area contributed by atoms with Gasteiger partial charge in [0.2, 0.25) is 5.91 Å². The lowest BCUT2D eigenvalue weighted by atomic mass is 10.1. The molecule has 0 aliphatic carbocycles. The van der Waals surface area contributed by atoms with Gasteiger partial charge in [0.25, 0.3) is 0 Å². The summed E-state index contributed by atoms with van der Waals surface area (Å²) in [7, 11) is 0. The highest BCUT2D eigenvalue weighted by Crippen LogP contribution is 2.13. The van der Waals surface area contributed by atoms with Gasteiger partial charge in [0.05, 0.1) is 17.6 Å². The average molecular weight is 215 g/mol. The second-order valence-electron chi connectivity index (χ2n) is 3.87. The van der Waals surface area contributed by atoms with E-state index in [2.05, 4.69) is 10.6 Å². The number of anilines is 1. The van der Waals surface area contributed by atoms with Crippen LogP contribution in [0.1, 0.15) is 12.0 Å². The smallest absolute Gasteiger partial charge is 0.228 e. The van der Waals surface area contributed by atoms with Crippen LogP contribution in [0.5, 0.6) is 0 Å². The molecule has 1 heterocycles. The predicted molar refractivity (Wildman–Crippen MR) is 60.8 cm³/mol. The first-order valence-electron chi connectivity index (χ1n) is 5.31. The Morgan fingerprint density at radius 1 is 1.44 bits per heavy atom. The number of nitriles is 1. The molecule has 1 aromatic carbocycles. The van der Waals surface area contributed by atoms with Crippen molar-refractivity contribution in [1.82, 2.24) is 5.32 Å². The summed E-state index contributed by atoms with van der Waals surface area (Å²) >= 11 is 0. The summed E-state index contributed by atoms with van der Waals surface area (Å²) in [5, 5.41) is 14.6. The molecule has 1 aliphatic rings. The summed E-state index contributed by atoms with van der Waals surface area (Å²) in [5.41, 5.74) is 1.34. The normalized spacial score (nSPS) is 19.1. The third-order valence-corrected chi connectivity index (χ3v) is 2.71. The van der Waals surface area contributed by atoms with Crippen molar-refractivity contribution in [3.63, 3.8) is 0 Å². The number of carbonyl (C=O) groups excluding carboxylic acids is 1. The van der Waals surface area contributed by atoms with Crippen molar-refractivity contribution in [2.24, 2.45) is 5.92 Å². The van der Waals surface area contributed by atoms with Crippen LogP contribution in [0.25, 0.3) is 0 Å². The molecule has 16 heavy (non-hydrogen) atoms. The first-order valence-corrected chi connectivity index (χ1v) is 5.31. The molecule has 0 radical (unpaired) electrons. The standard InChI is InChI=1S/C12H13N3O/c13-7-9-1-3-11(4-2-9)15-12(16)10-5-6-14-8-10/h1-4,10,14H,5-6,8H2,(H,15,16). The quantitative estimate of drug-likeness (QED) is 0.776. The summed E-state index contributed by atoms with van der Waals surface area (Å²) in [6.45, 7) is 1.66. The lowest BCUT2D eigenvalue weighted by molar-refractivity contribution is -0.119. The zero-order valence-corrected chi connectivity index (χ0v) is 8.86. The van der Waals surface area contributed by atoms with E-state index in [0.717, 1.165) is 25.2 Å². The average Bonchev–Trinajstić information content (AvgIpc) is 2.83. The van der Waals surface area contributed by atoms with Crippen LogP contribution in [-0.2, 0) is 4.79 Å². The van der Waals surface area contributed by atoms with Crippen molar-refractivity contribution < 1.29 is 4.79 Å². The van der Waals surface area contributed by atoms with Crippen molar-refractivity contribution in [1.29, 1.82) is 5.26 Å². The Kier molecular flexibility index (Phi) is 3.18. The summed E-state index contributed by atoms with van der Waals surface area (Å²) < 4.78 is 0. The van der Waals surface area contributed by atoms with E-state index in [9.17, 15) is 4.79 Å². The molecule has 2 rings (SSSR count). The summed E-state index contributed by atoms with van der Waals surface area (Å²) in [5.74, 6) is 0.116. The largest absolute Gasteiger partial charge is 0.326 e. The van der Waals surface area contributed by atoms with Gasteiger partial charge in [0, 0.05) is 12.2 Å². The number of amides is 1.